The predicted molar refractivity (Wildman–Crippen MR) is 81.6 cm³/mol. The average molecular weight is 293 g/mol. The Kier molecular flexibility index (Phi) is 4.10. The van der Waals surface area contributed by atoms with E-state index < -0.39 is 0 Å². The van der Waals surface area contributed by atoms with Crippen LogP contribution in [0.1, 0.15) is 23.8 Å². The van der Waals surface area contributed by atoms with Gasteiger partial charge in [0.2, 0.25) is 5.91 Å². The van der Waals surface area contributed by atoms with E-state index in [-0.39, 0.29) is 5.91 Å². The molecule has 0 saturated carbocycles. The topological polar surface area (TPSA) is 49.6 Å². The van der Waals surface area contributed by atoms with Crippen molar-refractivity contribution >= 4 is 17.2 Å². The summed E-state index contributed by atoms with van der Waals surface area (Å²) in [5.74, 6) is 0.755. The molecule has 1 saturated heterocycles. The van der Waals surface area contributed by atoms with Gasteiger partial charge in [-0.3, -0.25) is 9.69 Å². The van der Waals surface area contributed by atoms with Gasteiger partial charge in [-0.05, 0) is 35.8 Å². The van der Waals surface area contributed by atoms with Gasteiger partial charge in [0.15, 0.2) is 0 Å². The summed E-state index contributed by atoms with van der Waals surface area (Å²) in [6.45, 7) is 6.30. The molecule has 1 aromatic heterocycles. The largest absolute Gasteiger partial charge is 0.337 e. The second kappa shape index (κ2) is 5.84. The van der Waals surface area contributed by atoms with Crippen LogP contribution in [0, 0.1) is 5.92 Å². The van der Waals surface area contributed by atoms with Crippen molar-refractivity contribution < 1.29 is 4.79 Å². The summed E-state index contributed by atoms with van der Waals surface area (Å²) in [4.78, 5) is 18.2. The quantitative estimate of drug-likeness (QED) is 0.894. The Morgan fingerprint density at radius 1 is 1.50 bits per heavy atom. The molecule has 5 heteroatoms. The molecule has 4 nitrogen and oxygen atoms in total. The lowest BCUT2D eigenvalue weighted by Gasteiger charge is -2.36. The van der Waals surface area contributed by atoms with Crippen molar-refractivity contribution in [1.29, 1.82) is 0 Å². The first-order valence-corrected chi connectivity index (χ1v) is 8.32. The van der Waals surface area contributed by atoms with Gasteiger partial charge < -0.3 is 10.6 Å². The molecule has 0 radical (unpaired) electrons. The number of nitrogens with two attached hydrogens (primary N) is 1. The molecule has 0 spiro atoms. The fourth-order valence-corrected chi connectivity index (χ4v) is 4.04. The van der Waals surface area contributed by atoms with E-state index in [1.54, 1.807) is 0 Å². The molecule has 0 aliphatic carbocycles. The predicted octanol–water partition coefficient (Wildman–Crippen LogP) is 1.30. The van der Waals surface area contributed by atoms with E-state index >= 15 is 0 Å². The SMILES string of the molecule is CC1CN(CC(=O)N2CCc3sccc3C2)CCC1N. The van der Waals surface area contributed by atoms with E-state index in [0.717, 1.165) is 39.0 Å². The number of fused-ring (bicyclic) bond motifs is 1. The van der Waals surface area contributed by atoms with Gasteiger partial charge in [0.05, 0.1) is 6.54 Å². The molecule has 2 N–H and O–H groups in total. The standard InChI is InChI=1S/C15H23N3OS/c1-11-8-17(5-2-13(11)16)10-15(19)18-6-3-14-12(9-18)4-7-20-14/h4,7,11,13H,2-3,5-6,8-10,16H2,1H3. The zero-order chi connectivity index (χ0) is 14.1. The highest BCUT2D eigenvalue weighted by Crippen LogP contribution is 2.24. The van der Waals surface area contributed by atoms with Crippen LogP contribution < -0.4 is 5.73 Å². The summed E-state index contributed by atoms with van der Waals surface area (Å²) in [7, 11) is 0. The third-order valence-corrected chi connectivity index (χ3v) is 5.60. The maximum Gasteiger partial charge on any atom is 0.237 e. The minimum absolute atomic E-state index is 0.268. The van der Waals surface area contributed by atoms with Crippen molar-refractivity contribution in [2.45, 2.75) is 32.4 Å². The highest BCUT2D eigenvalue weighted by atomic mass is 32.1. The molecule has 3 heterocycles. The van der Waals surface area contributed by atoms with Gasteiger partial charge in [-0.25, -0.2) is 0 Å². The number of piperidine rings is 1. The number of nitrogens with zero attached hydrogens (tertiary/aromatic N) is 2. The van der Waals surface area contributed by atoms with Crippen LogP contribution in [0.2, 0.25) is 0 Å². The lowest BCUT2D eigenvalue weighted by molar-refractivity contribution is -0.133. The number of likely N-dealkylation sites (tertiary alicyclic amines) is 1. The van der Waals surface area contributed by atoms with Crippen LogP contribution in [-0.2, 0) is 17.8 Å². The van der Waals surface area contributed by atoms with Crippen molar-refractivity contribution in [3.8, 4) is 0 Å². The monoisotopic (exact) mass is 293 g/mol. The zero-order valence-electron chi connectivity index (χ0n) is 12.0. The van der Waals surface area contributed by atoms with Gasteiger partial charge >= 0.3 is 0 Å². The molecule has 2 unspecified atom stereocenters. The molecule has 0 bridgehead atoms. The Morgan fingerprint density at radius 3 is 3.15 bits per heavy atom. The number of rotatable bonds is 2. The van der Waals surface area contributed by atoms with Gasteiger partial charge in [0.25, 0.3) is 0 Å². The van der Waals surface area contributed by atoms with E-state index in [1.165, 1.54) is 10.4 Å². The number of carbonyl (C=O) groups excluding carboxylic acids is 1. The Bertz CT molecular complexity index is 487. The molecule has 2 aliphatic rings. The van der Waals surface area contributed by atoms with Crippen LogP contribution in [0.5, 0.6) is 0 Å². The number of hydrogen-bond acceptors (Lipinski definition) is 4. The summed E-state index contributed by atoms with van der Waals surface area (Å²) < 4.78 is 0. The van der Waals surface area contributed by atoms with E-state index in [4.69, 9.17) is 5.73 Å². The van der Waals surface area contributed by atoms with Crippen molar-refractivity contribution in [2.24, 2.45) is 11.7 Å². The Labute approximate surface area is 124 Å². The van der Waals surface area contributed by atoms with Crippen LogP contribution in [0.25, 0.3) is 0 Å². The highest BCUT2D eigenvalue weighted by molar-refractivity contribution is 7.10. The maximum atomic E-state index is 12.4. The lowest BCUT2D eigenvalue weighted by atomic mass is 9.95. The first-order valence-electron chi connectivity index (χ1n) is 7.44. The first kappa shape index (κ1) is 14.0. The van der Waals surface area contributed by atoms with Gasteiger partial charge in [-0.15, -0.1) is 11.3 Å². The molecule has 110 valence electrons. The molecular formula is C15H23N3OS. The summed E-state index contributed by atoms with van der Waals surface area (Å²) in [5, 5.41) is 2.13. The van der Waals surface area contributed by atoms with Gasteiger partial charge in [0.1, 0.15) is 0 Å². The third-order valence-electron chi connectivity index (χ3n) is 4.57. The van der Waals surface area contributed by atoms with E-state index in [1.807, 2.05) is 16.2 Å². The molecule has 2 atom stereocenters. The summed E-state index contributed by atoms with van der Waals surface area (Å²) in [5.41, 5.74) is 7.37. The van der Waals surface area contributed by atoms with Crippen LogP contribution in [-0.4, -0.2) is 47.9 Å². The van der Waals surface area contributed by atoms with Crippen molar-refractivity contribution in [1.82, 2.24) is 9.80 Å². The Hall–Kier alpha value is -0.910. The molecule has 20 heavy (non-hydrogen) atoms. The number of amides is 1. The fourth-order valence-electron chi connectivity index (χ4n) is 3.15. The molecule has 1 amide bonds. The number of hydrogen-bond donors (Lipinski definition) is 1. The minimum atomic E-state index is 0.268. The van der Waals surface area contributed by atoms with Gasteiger partial charge in [0, 0.05) is 37.1 Å². The minimum Gasteiger partial charge on any atom is -0.337 e. The van der Waals surface area contributed by atoms with Gasteiger partial charge in [-0.2, -0.15) is 0 Å². The van der Waals surface area contributed by atoms with E-state index in [2.05, 4.69) is 23.3 Å². The van der Waals surface area contributed by atoms with Crippen molar-refractivity contribution in [3.05, 3.63) is 21.9 Å². The molecule has 2 aliphatic heterocycles. The smallest absolute Gasteiger partial charge is 0.237 e. The number of thiophene rings is 1. The van der Waals surface area contributed by atoms with Crippen LogP contribution in [0.4, 0.5) is 0 Å². The zero-order valence-corrected chi connectivity index (χ0v) is 12.9. The van der Waals surface area contributed by atoms with Crippen molar-refractivity contribution in [2.75, 3.05) is 26.2 Å². The normalized spacial score (nSPS) is 27.4. The van der Waals surface area contributed by atoms with Crippen LogP contribution in [0.15, 0.2) is 11.4 Å². The Morgan fingerprint density at radius 2 is 2.35 bits per heavy atom. The average Bonchev–Trinajstić information content (AvgIpc) is 2.90. The summed E-state index contributed by atoms with van der Waals surface area (Å²) >= 11 is 1.81. The van der Waals surface area contributed by atoms with Crippen molar-refractivity contribution in [3.63, 3.8) is 0 Å². The van der Waals surface area contributed by atoms with Crippen LogP contribution >= 0.6 is 11.3 Å². The first-order chi connectivity index (χ1) is 9.63. The van der Waals surface area contributed by atoms with E-state index in [0.29, 0.717) is 18.5 Å². The highest BCUT2D eigenvalue weighted by Gasteiger charge is 2.27. The summed E-state index contributed by atoms with van der Waals surface area (Å²) in [6, 6.07) is 2.45. The molecular weight excluding hydrogens is 270 g/mol. The second-order valence-electron chi connectivity index (χ2n) is 6.10. The molecule has 3 rings (SSSR count). The number of carbonyl (C=O) groups is 1. The summed E-state index contributed by atoms with van der Waals surface area (Å²) in [6.07, 6.45) is 2.02. The van der Waals surface area contributed by atoms with E-state index in [9.17, 15) is 4.79 Å². The van der Waals surface area contributed by atoms with Gasteiger partial charge in [-0.1, -0.05) is 6.92 Å². The Balaban J connectivity index is 1.55. The maximum absolute atomic E-state index is 12.4. The third kappa shape index (κ3) is 2.90. The fraction of sp³-hybridized carbons (Fsp3) is 0.667. The second-order valence-corrected chi connectivity index (χ2v) is 7.10. The lowest BCUT2D eigenvalue weighted by Crippen LogP contribution is -2.50. The molecule has 0 aromatic carbocycles. The molecule has 1 aromatic rings. The van der Waals surface area contributed by atoms with Crippen LogP contribution in [0.3, 0.4) is 0 Å². The molecule has 1 fully saturated rings.